The molecule has 1 heterocycles. The first-order chi connectivity index (χ1) is 9.56. The van der Waals surface area contributed by atoms with Gasteiger partial charge in [-0.15, -0.1) is 0 Å². The lowest BCUT2D eigenvalue weighted by Gasteiger charge is -2.11. The van der Waals surface area contributed by atoms with Gasteiger partial charge in [-0.1, -0.05) is 11.6 Å². The fourth-order valence-electron chi connectivity index (χ4n) is 1.66. The van der Waals surface area contributed by atoms with Crippen molar-refractivity contribution in [3.05, 3.63) is 53.2 Å². The Labute approximate surface area is 120 Å². The predicted molar refractivity (Wildman–Crippen MR) is 75.2 cm³/mol. The first kappa shape index (κ1) is 14.6. The van der Waals surface area contributed by atoms with Crippen molar-refractivity contribution < 1.29 is 13.6 Å². The third-order valence-electron chi connectivity index (χ3n) is 2.74. The number of carbonyl (C=O) groups is 1. The van der Waals surface area contributed by atoms with Crippen molar-refractivity contribution >= 4 is 23.2 Å². The predicted octanol–water partition coefficient (Wildman–Crippen LogP) is 3.36. The number of benzene rings is 1. The summed E-state index contributed by atoms with van der Waals surface area (Å²) in [5, 5.41) is 5.62. The van der Waals surface area contributed by atoms with Crippen LogP contribution in [-0.4, -0.2) is 12.5 Å². The van der Waals surface area contributed by atoms with Gasteiger partial charge < -0.3 is 9.73 Å². The van der Waals surface area contributed by atoms with Gasteiger partial charge in [-0.3, -0.25) is 10.1 Å². The lowest BCUT2D eigenvalue weighted by Crippen LogP contribution is -2.29. The molecule has 0 fully saturated rings. The van der Waals surface area contributed by atoms with Gasteiger partial charge in [0.25, 0.3) is 0 Å². The van der Waals surface area contributed by atoms with Gasteiger partial charge in [0, 0.05) is 5.69 Å². The quantitative estimate of drug-likeness (QED) is 0.889. The van der Waals surface area contributed by atoms with Crippen LogP contribution in [0.25, 0.3) is 0 Å². The molecule has 1 aromatic heterocycles. The van der Waals surface area contributed by atoms with Crippen LogP contribution in [0.5, 0.6) is 0 Å². The van der Waals surface area contributed by atoms with E-state index in [1.54, 1.807) is 12.3 Å². The van der Waals surface area contributed by atoms with E-state index in [0.29, 0.717) is 5.69 Å². The molecule has 0 saturated heterocycles. The van der Waals surface area contributed by atoms with Gasteiger partial charge >= 0.3 is 0 Å². The van der Waals surface area contributed by atoms with E-state index < -0.39 is 5.82 Å². The Bertz CT molecular complexity index is 587. The first-order valence-corrected chi connectivity index (χ1v) is 6.46. The molecule has 106 valence electrons. The SMILES string of the molecule is C[C@H](NCC(=O)Nc1ccc(F)c(Cl)c1)c1ccco1. The van der Waals surface area contributed by atoms with Crippen molar-refractivity contribution in [2.24, 2.45) is 0 Å². The van der Waals surface area contributed by atoms with Crippen LogP contribution in [0, 0.1) is 5.82 Å². The molecule has 4 nitrogen and oxygen atoms in total. The van der Waals surface area contributed by atoms with Crippen LogP contribution in [0.3, 0.4) is 0 Å². The molecule has 0 unspecified atom stereocenters. The first-order valence-electron chi connectivity index (χ1n) is 6.08. The zero-order chi connectivity index (χ0) is 14.5. The average Bonchev–Trinajstić information content (AvgIpc) is 2.94. The normalized spacial score (nSPS) is 12.2. The van der Waals surface area contributed by atoms with Gasteiger partial charge in [-0.05, 0) is 37.3 Å². The molecule has 2 N–H and O–H groups in total. The summed E-state index contributed by atoms with van der Waals surface area (Å²) < 4.78 is 18.2. The molecule has 2 aromatic rings. The van der Waals surface area contributed by atoms with Crippen LogP contribution in [0.15, 0.2) is 41.0 Å². The van der Waals surface area contributed by atoms with Crippen molar-refractivity contribution in [3.63, 3.8) is 0 Å². The summed E-state index contributed by atoms with van der Waals surface area (Å²) in [7, 11) is 0. The second-order valence-electron chi connectivity index (χ2n) is 4.30. The number of anilines is 1. The summed E-state index contributed by atoms with van der Waals surface area (Å²) in [5.74, 6) is -0.0112. The van der Waals surface area contributed by atoms with E-state index >= 15 is 0 Å². The molecule has 0 spiro atoms. The zero-order valence-electron chi connectivity index (χ0n) is 10.8. The lowest BCUT2D eigenvalue weighted by atomic mass is 10.2. The van der Waals surface area contributed by atoms with Gasteiger partial charge in [-0.25, -0.2) is 4.39 Å². The topological polar surface area (TPSA) is 54.3 Å². The van der Waals surface area contributed by atoms with Crippen LogP contribution < -0.4 is 10.6 Å². The Balaban J connectivity index is 1.85. The van der Waals surface area contributed by atoms with Crippen LogP contribution in [0.2, 0.25) is 5.02 Å². The van der Waals surface area contributed by atoms with E-state index in [1.807, 2.05) is 13.0 Å². The van der Waals surface area contributed by atoms with E-state index in [1.165, 1.54) is 18.2 Å². The highest BCUT2D eigenvalue weighted by Crippen LogP contribution is 2.19. The number of nitrogens with one attached hydrogen (secondary N) is 2. The maximum atomic E-state index is 13.0. The Kier molecular flexibility index (Phi) is 4.76. The number of carbonyl (C=O) groups excluding carboxylic acids is 1. The minimum absolute atomic E-state index is 0.0280. The summed E-state index contributed by atoms with van der Waals surface area (Å²) in [5.41, 5.74) is 0.453. The largest absolute Gasteiger partial charge is 0.468 e. The van der Waals surface area contributed by atoms with Crippen molar-refractivity contribution in [1.29, 1.82) is 0 Å². The average molecular weight is 297 g/mol. The number of hydrogen-bond donors (Lipinski definition) is 2. The number of rotatable bonds is 5. The second-order valence-corrected chi connectivity index (χ2v) is 4.70. The summed E-state index contributed by atoms with van der Waals surface area (Å²) in [4.78, 5) is 11.7. The number of hydrogen-bond acceptors (Lipinski definition) is 3. The van der Waals surface area contributed by atoms with Crippen molar-refractivity contribution in [2.45, 2.75) is 13.0 Å². The van der Waals surface area contributed by atoms with E-state index in [-0.39, 0.29) is 23.5 Å². The minimum Gasteiger partial charge on any atom is -0.468 e. The molecule has 6 heteroatoms. The van der Waals surface area contributed by atoms with Gasteiger partial charge in [-0.2, -0.15) is 0 Å². The highest BCUT2D eigenvalue weighted by Gasteiger charge is 2.10. The molecule has 0 bridgehead atoms. The fraction of sp³-hybridized carbons (Fsp3) is 0.214. The van der Waals surface area contributed by atoms with E-state index in [2.05, 4.69) is 10.6 Å². The maximum Gasteiger partial charge on any atom is 0.238 e. The number of amides is 1. The summed E-state index contributed by atoms with van der Waals surface area (Å²) in [6, 6.07) is 7.56. The molecule has 0 radical (unpaired) electrons. The fourth-order valence-corrected chi connectivity index (χ4v) is 1.84. The van der Waals surface area contributed by atoms with Gasteiger partial charge in [0.2, 0.25) is 5.91 Å². The smallest absolute Gasteiger partial charge is 0.238 e. The number of furan rings is 1. The Morgan fingerprint density at radius 1 is 1.45 bits per heavy atom. The lowest BCUT2D eigenvalue weighted by molar-refractivity contribution is -0.115. The molecule has 0 aliphatic heterocycles. The van der Waals surface area contributed by atoms with Crippen molar-refractivity contribution in [2.75, 3.05) is 11.9 Å². The summed E-state index contributed by atoms with van der Waals surface area (Å²) >= 11 is 5.64. The molecule has 0 aliphatic carbocycles. The molecular weight excluding hydrogens is 283 g/mol. The molecular formula is C14H14ClFN2O2. The van der Waals surface area contributed by atoms with E-state index in [9.17, 15) is 9.18 Å². The Morgan fingerprint density at radius 3 is 2.90 bits per heavy atom. The molecule has 1 aromatic carbocycles. The molecule has 20 heavy (non-hydrogen) atoms. The van der Waals surface area contributed by atoms with Crippen molar-refractivity contribution in [3.8, 4) is 0 Å². The van der Waals surface area contributed by atoms with E-state index in [0.717, 1.165) is 5.76 Å². The third kappa shape index (κ3) is 3.82. The number of halogens is 2. The summed E-state index contributed by atoms with van der Waals surface area (Å²) in [6.45, 7) is 2.00. The van der Waals surface area contributed by atoms with E-state index in [4.69, 9.17) is 16.0 Å². The van der Waals surface area contributed by atoms with Crippen LogP contribution >= 0.6 is 11.6 Å². The van der Waals surface area contributed by atoms with Gasteiger partial charge in [0.15, 0.2) is 0 Å². The zero-order valence-corrected chi connectivity index (χ0v) is 11.6. The second kappa shape index (κ2) is 6.54. The maximum absolute atomic E-state index is 13.0. The minimum atomic E-state index is -0.519. The molecule has 0 aliphatic rings. The van der Waals surface area contributed by atoms with Crippen molar-refractivity contribution in [1.82, 2.24) is 5.32 Å². The van der Waals surface area contributed by atoms with Gasteiger partial charge in [0.1, 0.15) is 11.6 Å². The van der Waals surface area contributed by atoms with Crippen LogP contribution in [-0.2, 0) is 4.79 Å². The standard InChI is InChI=1S/C14H14ClFN2O2/c1-9(13-3-2-6-20-13)17-8-14(19)18-10-4-5-12(16)11(15)7-10/h2-7,9,17H,8H2,1H3,(H,18,19)/t9-/m0/s1. The van der Waals surface area contributed by atoms with Gasteiger partial charge in [0.05, 0.1) is 23.9 Å². The highest BCUT2D eigenvalue weighted by molar-refractivity contribution is 6.31. The Morgan fingerprint density at radius 2 is 2.25 bits per heavy atom. The van der Waals surface area contributed by atoms with Crippen LogP contribution in [0.1, 0.15) is 18.7 Å². The Hall–Kier alpha value is -1.85. The molecule has 1 amide bonds. The monoisotopic (exact) mass is 296 g/mol. The summed E-state index contributed by atoms with van der Waals surface area (Å²) in [6.07, 6.45) is 1.58. The van der Waals surface area contributed by atoms with Crippen LogP contribution in [0.4, 0.5) is 10.1 Å². The highest BCUT2D eigenvalue weighted by atomic mass is 35.5. The molecule has 1 atom stereocenters. The third-order valence-corrected chi connectivity index (χ3v) is 3.03. The molecule has 0 saturated carbocycles. The molecule has 2 rings (SSSR count).